The van der Waals surface area contributed by atoms with Gasteiger partial charge in [0.05, 0.1) is 0 Å². The zero-order valence-corrected chi connectivity index (χ0v) is 13.9. The third-order valence-electron chi connectivity index (χ3n) is 6.01. The van der Waals surface area contributed by atoms with E-state index >= 15 is 0 Å². The van der Waals surface area contributed by atoms with Crippen LogP contribution < -0.4 is 10.6 Å². The van der Waals surface area contributed by atoms with Crippen LogP contribution in [0.15, 0.2) is 0 Å². The molecular formula is C18H35N3. The molecule has 3 aliphatic rings. The van der Waals surface area contributed by atoms with Crippen LogP contribution in [0.25, 0.3) is 0 Å². The Kier molecular flexibility index (Phi) is 5.96. The molecule has 3 rings (SSSR count). The summed E-state index contributed by atoms with van der Waals surface area (Å²) in [6.45, 7) is 7.47. The van der Waals surface area contributed by atoms with Gasteiger partial charge in [0, 0.05) is 18.1 Å². The Labute approximate surface area is 131 Å². The minimum atomic E-state index is 0.783. The second-order valence-corrected chi connectivity index (χ2v) is 7.54. The second-order valence-electron chi connectivity index (χ2n) is 7.54. The first-order valence-electron chi connectivity index (χ1n) is 9.58. The van der Waals surface area contributed by atoms with E-state index in [1.54, 1.807) is 0 Å². The Bertz CT molecular complexity index is 293. The van der Waals surface area contributed by atoms with Crippen molar-refractivity contribution in [3.63, 3.8) is 0 Å². The number of piperidine rings is 1. The van der Waals surface area contributed by atoms with E-state index in [0.29, 0.717) is 0 Å². The van der Waals surface area contributed by atoms with Gasteiger partial charge in [-0.05, 0) is 77.0 Å². The quantitative estimate of drug-likeness (QED) is 0.816. The van der Waals surface area contributed by atoms with Gasteiger partial charge in [-0.2, -0.15) is 0 Å². The summed E-state index contributed by atoms with van der Waals surface area (Å²) in [4.78, 5) is 2.65. The smallest absolute Gasteiger partial charge is 0.0113 e. The van der Waals surface area contributed by atoms with Crippen LogP contribution in [0.3, 0.4) is 0 Å². The zero-order valence-electron chi connectivity index (χ0n) is 13.9. The standard InChI is InChI=1S/C18H35N3/c1-2-12-21-13-9-15(10-14-21)20-18-7-4-3-6-16(18)17-8-5-11-19-17/h15-20H,2-14H2,1H3. The van der Waals surface area contributed by atoms with E-state index in [1.165, 1.54) is 84.0 Å². The van der Waals surface area contributed by atoms with Crippen LogP contribution in [0.2, 0.25) is 0 Å². The van der Waals surface area contributed by atoms with Crippen molar-refractivity contribution in [1.82, 2.24) is 15.5 Å². The maximum atomic E-state index is 4.08. The maximum absolute atomic E-state index is 4.08. The molecule has 3 heteroatoms. The van der Waals surface area contributed by atoms with E-state index in [-0.39, 0.29) is 0 Å². The van der Waals surface area contributed by atoms with Gasteiger partial charge >= 0.3 is 0 Å². The molecule has 3 atom stereocenters. The molecule has 2 heterocycles. The van der Waals surface area contributed by atoms with Crippen molar-refractivity contribution in [3.8, 4) is 0 Å². The Morgan fingerprint density at radius 1 is 1.00 bits per heavy atom. The lowest BCUT2D eigenvalue weighted by atomic mass is 9.78. The fraction of sp³-hybridized carbons (Fsp3) is 1.00. The van der Waals surface area contributed by atoms with Gasteiger partial charge < -0.3 is 15.5 Å². The number of hydrogen-bond acceptors (Lipinski definition) is 3. The summed E-state index contributed by atoms with van der Waals surface area (Å²) < 4.78 is 0. The first kappa shape index (κ1) is 15.8. The van der Waals surface area contributed by atoms with Crippen molar-refractivity contribution in [2.45, 2.75) is 82.8 Å². The minimum Gasteiger partial charge on any atom is -0.314 e. The molecule has 0 aromatic carbocycles. The molecule has 0 amide bonds. The molecule has 3 unspecified atom stereocenters. The molecule has 2 saturated heterocycles. The number of nitrogens with one attached hydrogen (secondary N) is 2. The van der Waals surface area contributed by atoms with E-state index in [4.69, 9.17) is 0 Å². The predicted octanol–water partition coefficient (Wildman–Crippen LogP) is 2.76. The molecular weight excluding hydrogens is 258 g/mol. The van der Waals surface area contributed by atoms with Crippen LogP contribution in [0, 0.1) is 5.92 Å². The summed E-state index contributed by atoms with van der Waals surface area (Å²) in [5.74, 6) is 0.898. The van der Waals surface area contributed by atoms with E-state index in [1.807, 2.05) is 0 Å². The van der Waals surface area contributed by atoms with E-state index in [9.17, 15) is 0 Å². The first-order valence-corrected chi connectivity index (χ1v) is 9.58. The Balaban J connectivity index is 1.48. The number of hydrogen-bond donors (Lipinski definition) is 2. The highest BCUT2D eigenvalue weighted by Crippen LogP contribution is 2.31. The highest BCUT2D eigenvalue weighted by Gasteiger charge is 2.34. The van der Waals surface area contributed by atoms with Gasteiger partial charge in [-0.1, -0.05) is 19.8 Å². The van der Waals surface area contributed by atoms with Crippen LogP contribution in [-0.2, 0) is 0 Å². The van der Waals surface area contributed by atoms with Crippen LogP contribution in [-0.4, -0.2) is 49.2 Å². The highest BCUT2D eigenvalue weighted by atomic mass is 15.1. The Hall–Kier alpha value is -0.120. The molecule has 21 heavy (non-hydrogen) atoms. The van der Waals surface area contributed by atoms with Gasteiger partial charge in [0.25, 0.3) is 0 Å². The van der Waals surface area contributed by atoms with Gasteiger partial charge in [-0.25, -0.2) is 0 Å². The van der Waals surface area contributed by atoms with Gasteiger partial charge in [-0.3, -0.25) is 0 Å². The van der Waals surface area contributed by atoms with Crippen LogP contribution in [0.5, 0.6) is 0 Å². The van der Waals surface area contributed by atoms with E-state index in [0.717, 1.165) is 24.0 Å². The average Bonchev–Trinajstić information content (AvgIpc) is 3.04. The normalized spacial score (nSPS) is 36.1. The predicted molar refractivity (Wildman–Crippen MR) is 89.7 cm³/mol. The van der Waals surface area contributed by atoms with Gasteiger partial charge in [-0.15, -0.1) is 0 Å². The van der Waals surface area contributed by atoms with E-state index < -0.39 is 0 Å². The molecule has 0 spiro atoms. The fourth-order valence-corrected chi connectivity index (χ4v) is 4.87. The third-order valence-corrected chi connectivity index (χ3v) is 6.01. The Morgan fingerprint density at radius 2 is 1.81 bits per heavy atom. The molecule has 2 N–H and O–H groups in total. The largest absolute Gasteiger partial charge is 0.314 e. The van der Waals surface area contributed by atoms with E-state index in [2.05, 4.69) is 22.5 Å². The molecule has 1 aliphatic carbocycles. The number of likely N-dealkylation sites (tertiary alicyclic amines) is 1. The summed E-state index contributed by atoms with van der Waals surface area (Å²) in [6, 6.07) is 2.38. The monoisotopic (exact) mass is 293 g/mol. The van der Waals surface area contributed by atoms with Crippen molar-refractivity contribution in [3.05, 3.63) is 0 Å². The molecule has 0 aromatic rings. The van der Waals surface area contributed by atoms with Gasteiger partial charge in [0.15, 0.2) is 0 Å². The van der Waals surface area contributed by atoms with Crippen molar-refractivity contribution >= 4 is 0 Å². The summed E-state index contributed by atoms with van der Waals surface area (Å²) >= 11 is 0. The van der Waals surface area contributed by atoms with Crippen molar-refractivity contribution in [2.24, 2.45) is 5.92 Å². The minimum absolute atomic E-state index is 0.783. The maximum Gasteiger partial charge on any atom is 0.0113 e. The molecule has 0 bridgehead atoms. The lowest BCUT2D eigenvalue weighted by Crippen LogP contribution is -2.52. The van der Waals surface area contributed by atoms with Gasteiger partial charge in [0.1, 0.15) is 0 Å². The average molecular weight is 293 g/mol. The van der Waals surface area contributed by atoms with Crippen molar-refractivity contribution in [1.29, 1.82) is 0 Å². The lowest BCUT2D eigenvalue weighted by Gasteiger charge is -2.40. The molecule has 2 aliphatic heterocycles. The van der Waals surface area contributed by atoms with Gasteiger partial charge in [0.2, 0.25) is 0 Å². The molecule has 3 nitrogen and oxygen atoms in total. The zero-order chi connectivity index (χ0) is 14.5. The van der Waals surface area contributed by atoms with Crippen LogP contribution in [0.4, 0.5) is 0 Å². The van der Waals surface area contributed by atoms with Crippen LogP contribution >= 0.6 is 0 Å². The van der Waals surface area contributed by atoms with Crippen molar-refractivity contribution in [2.75, 3.05) is 26.2 Å². The fourth-order valence-electron chi connectivity index (χ4n) is 4.87. The summed E-state index contributed by atoms with van der Waals surface area (Å²) in [5.41, 5.74) is 0. The Morgan fingerprint density at radius 3 is 2.52 bits per heavy atom. The lowest BCUT2D eigenvalue weighted by molar-refractivity contribution is 0.154. The molecule has 1 saturated carbocycles. The third kappa shape index (κ3) is 4.20. The first-order chi connectivity index (χ1) is 10.4. The second kappa shape index (κ2) is 7.94. The molecule has 0 radical (unpaired) electrons. The SMILES string of the molecule is CCCN1CCC(NC2CCCCC2C2CCCN2)CC1. The molecule has 0 aromatic heterocycles. The molecule has 3 fully saturated rings. The number of rotatable bonds is 5. The number of nitrogens with zero attached hydrogens (tertiary/aromatic N) is 1. The topological polar surface area (TPSA) is 27.3 Å². The highest BCUT2D eigenvalue weighted by molar-refractivity contribution is 4.93. The summed E-state index contributed by atoms with van der Waals surface area (Å²) in [5, 5.41) is 7.85. The summed E-state index contributed by atoms with van der Waals surface area (Å²) in [7, 11) is 0. The molecule has 122 valence electrons. The van der Waals surface area contributed by atoms with Crippen molar-refractivity contribution < 1.29 is 0 Å². The summed E-state index contributed by atoms with van der Waals surface area (Å²) in [6.07, 6.45) is 12.6. The van der Waals surface area contributed by atoms with Crippen LogP contribution in [0.1, 0.15) is 64.7 Å².